The summed E-state index contributed by atoms with van der Waals surface area (Å²) in [5.41, 5.74) is 2.94. The Morgan fingerprint density at radius 1 is 1.08 bits per heavy atom. The number of aromatic nitrogens is 1. The van der Waals surface area contributed by atoms with E-state index in [-0.39, 0.29) is 5.57 Å². The fourth-order valence-corrected chi connectivity index (χ4v) is 2.81. The molecule has 2 aromatic rings. The second-order valence-electron chi connectivity index (χ2n) is 6.04. The molecular formula is C19H19N3O4. The molecular weight excluding hydrogens is 334 g/mol. The minimum atomic E-state index is -0.775. The van der Waals surface area contributed by atoms with Crippen molar-refractivity contribution in [1.82, 2.24) is 9.88 Å². The number of benzene rings is 1. The van der Waals surface area contributed by atoms with Crippen molar-refractivity contribution in [2.75, 3.05) is 12.0 Å². The van der Waals surface area contributed by atoms with Gasteiger partial charge in [0.2, 0.25) is 0 Å². The standard InChI is InChI=1S/C19H19N3O4/c1-11-9-13(12(2)21(11)3)10-16-17(23)20-19(25)22(18(16)24)14-5-7-15(26-4)8-6-14/h5-10H,1-4H3,(H,20,23,25)/b16-10+. The molecule has 7 heteroatoms. The summed E-state index contributed by atoms with van der Waals surface area (Å²) in [6.45, 7) is 3.84. The molecule has 0 atom stereocenters. The van der Waals surface area contributed by atoms with Crippen LogP contribution in [0.25, 0.3) is 6.08 Å². The van der Waals surface area contributed by atoms with Crippen molar-refractivity contribution in [3.8, 4) is 5.75 Å². The largest absolute Gasteiger partial charge is 0.497 e. The molecule has 134 valence electrons. The number of hydrogen-bond acceptors (Lipinski definition) is 4. The lowest BCUT2D eigenvalue weighted by Gasteiger charge is -2.26. The van der Waals surface area contributed by atoms with Crippen molar-refractivity contribution in [3.63, 3.8) is 0 Å². The summed E-state index contributed by atoms with van der Waals surface area (Å²) in [5, 5.41) is 2.22. The highest BCUT2D eigenvalue weighted by Gasteiger charge is 2.37. The van der Waals surface area contributed by atoms with Gasteiger partial charge in [-0.05, 0) is 55.8 Å². The number of nitrogens with zero attached hydrogens (tertiary/aromatic N) is 2. The van der Waals surface area contributed by atoms with Gasteiger partial charge in [-0.15, -0.1) is 0 Å². The van der Waals surface area contributed by atoms with Gasteiger partial charge in [-0.3, -0.25) is 14.9 Å². The molecule has 0 saturated carbocycles. The minimum absolute atomic E-state index is 0.0888. The first-order chi connectivity index (χ1) is 12.3. The van der Waals surface area contributed by atoms with Crippen molar-refractivity contribution in [2.45, 2.75) is 13.8 Å². The van der Waals surface area contributed by atoms with E-state index in [1.807, 2.05) is 31.5 Å². The topological polar surface area (TPSA) is 80.6 Å². The second-order valence-corrected chi connectivity index (χ2v) is 6.04. The second kappa shape index (κ2) is 6.51. The van der Waals surface area contributed by atoms with Crippen molar-refractivity contribution in [2.24, 2.45) is 7.05 Å². The molecule has 7 nitrogen and oxygen atoms in total. The number of nitrogens with one attached hydrogen (secondary N) is 1. The van der Waals surface area contributed by atoms with E-state index in [1.165, 1.54) is 13.2 Å². The third kappa shape index (κ3) is 2.88. The van der Waals surface area contributed by atoms with Gasteiger partial charge in [-0.25, -0.2) is 9.69 Å². The molecule has 1 N–H and O–H groups in total. The number of rotatable bonds is 3. The van der Waals surface area contributed by atoms with Crippen LogP contribution in [-0.2, 0) is 16.6 Å². The highest BCUT2D eigenvalue weighted by atomic mass is 16.5. The molecule has 2 heterocycles. The lowest BCUT2D eigenvalue weighted by molar-refractivity contribution is -0.122. The fraction of sp³-hybridized carbons (Fsp3) is 0.211. The maximum Gasteiger partial charge on any atom is 0.335 e. The maximum atomic E-state index is 12.8. The number of hydrogen-bond donors (Lipinski definition) is 1. The Morgan fingerprint density at radius 2 is 1.73 bits per heavy atom. The van der Waals surface area contributed by atoms with Crippen LogP contribution in [0.3, 0.4) is 0 Å². The molecule has 4 amide bonds. The first-order valence-corrected chi connectivity index (χ1v) is 8.02. The van der Waals surface area contributed by atoms with E-state index < -0.39 is 17.8 Å². The van der Waals surface area contributed by atoms with Gasteiger partial charge in [-0.2, -0.15) is 0 Å². The first kappa shape index (κ1) is 17.5. The molecule has 1 aromatic heterocycles. The number of barbiturate groups is 1. The normalized spacial score (nSPS) is 16.2. The van der Waals surface area contributed by atoms with Crippen LogP contribution in [0.1, 0.15) is 17.0 Å². The number of aryl methyl sites for hydroxylation is 1. The van der Waals surface area contributed by atoms with Crippen molar-refractivity contribution >= 4 is 29.6 Å². The van der Waals surface area contributed by atoms with E-state index in [0.29, 0.717) is 11.4 Å². The van der Waals surface area contributed by atoms with Crippen LogP contribution in [0.2, 0.25) is 0 Å². The Bertz CT molecular complexity index is 938. The highest BCUT2D eigenvalue weighted by molar-refractivity contribution is 6.39. The smallest absolute Gasteiger partial charge is 0.335 e. The minimum Gasteiger partial charge on any atom is -0.497 e. The molecule has 1 aliphatic rings. The Kier molecular flexibility index (Phi) is 4.38. The molecule has 0 unspecified atom stereocenters. The number of carbonyl (C=O) groups is 3. The summed E-state index contributed by atoms with van der Waals surface area (Å²) in [7, 11) is 3.43. The van der Waals surface area contributed by atoms with Gasteiger partial charge in [0.05, 0.1) is 12.8 Å². The van der Waals surface area contributed by atoms with Crippen LogP contribution >= 0.6 is 0 Å². The number of carbonyl (C=O) groups excluding carboxylic acids is 3. The zero-order chi connectivity index (χ0) is 19.0. The van der Waals surface area contributed by atoms with Crippen molar-refractivity contribution in [1.29, 1.82) is 0 Å². The maximum absolute atomic E-state index is 12.8. The monoisotopic (exact) mass is 353 g/mol. The number of imide groups is 2. The molecule has 0 spiro atoms. The first-order valence-electron chi connectivity index (χ1n) is 8.02. The van der Waals surface area contributed by atoms with Gasteiger partial charge in [-0.1, -0.05) is 0 Å². The Morgan fingerprint density at radius 3 is 2.27 bits per heavy atom. The summed E-state index contributed by atoms with van der Waals surface area (Å²) in [5.74, 6) is -0.767. The quantitative estimate of drug-likeness (QED) is 0.678. The number of urea groups is 1. The SMILES string of the molecule is COc1ccc(N2C(=O)NC(=O)/C(=C\c3cc(C)n(C)c3C)C2=O)cc1. The summed E-state index contributed by atoms with van der Waals surface area (Å²) in [6.07, 6.45) is 1.52. The summed E-state index contributed by atoms with van der Waals surface area (Å²) < 4.78 is 7.04. The summed E-state index contributed by atoms with van der Waals surface area (Å²) in [4.78, 5) is 38.2. The van der Waals surface area contributed by atoms with Crippen LogP contribution in [-0.4, -0.2) is 29.5 Å². The van der Waals surface area contributed by atoms with Crippen molar-refractivity contribution < 1.29 is 19.1 Å². The van der Waals surface area contributed by atoms with Crippen molar-refractivity contribution in [3.05, 3.63) is 52.9 Å². The van der Waals surface area contributed by atoms with Gasteiger partial charge in [0.15, 0.2) is 0 Å². The predicted octanol–water partition coefficient (Wildman–Crippen LogP) is 2.32. The van der Waals surface area contributed by atoms with Gasteiger partial charge < -0.3 is 9.30 Å². The van der Waals surface area contributed by atoms with E-state index in [2.05, 4.69) is 5.32 Å². The molecule has 0 radical (unpaired) electrons. The zero-order valence-corrected chi connectivity index (χ0v) is 15.0. The average molecular weight is 353 g/mol. The van der Waals surface area contributed by atoms with Gasteiger partial charge in [0, 0.05) is 18.4 Å². The van der Waals surface area contributed by atoms with Crippen LogP contribution in [0.4, 0.5) is 10.5 Å². The van der Waals surface area contributed by atoms with E-state index in [1.54, 1.807) is 24.3 Å². The average Bonchev–Trinajstić information content (AvgIpc) is 2.86. The Balaban J connectivity index is 2.02. The summed E-state index contributed by atoms with van der Waals surface area (Å²) >= 11 is 0. The van der Waals surface area contributed by atoms with Gasteiger partial charge >= 0.3 is 6.03 Å². The van der Waals surface area contributed by atoms with Crippen LogP contribution in [0.15, 0.2) is 35.9 Å². The van der Waals surface area contributed by atoms with Crippen LogP contribution in [0.5, 0.6) is 5.75 Å². The Hall–Kier alpha value is -3.35. The molecule has 1 aliphatic heterocycles. The third-order valence-corrected chi connectivity index (χ3v) is 4.55. The molecule has 26 heavy (non-hydrogen) atoms. The predicted molar refractivity (Wildman–Crippen MR) is 96.9 cm³/mol. The number of anilines is 1. The zero-order valence-electron chi connectivity index (χ0n) is 15.0. The number of ether oxygens (including phenoxy) is 1. The van der Waals surface area contributed by atoms with Crippen LogP contribution < -0.4 is 15.0 Å². The van der Waals surface area contributed by atoms with E-state index in [9.17, 15) is 14.4 Å². The lowest BCUT2D eigenvalue weighted by atomic mass is 10.1. The molecule has 0 bridgehead atoms. The molecule has 1 saturated heterocycles. The molecule has 3 rings (SSSR count). The fourth-order valence-electron chi connectivity index (χ4n) is 2.81. The molecule has 1 fully saturated rings. The summed E-state index contributed by atoms with van der Waals surface area (Å²) in [6, 6.07) is 7.56. The van der Waals surface area contributed by atoms with Crippen LogP contribution in [0, 0.1) is 13.8 Å². The third-order valence-electron chi connectivity index (χ3n) is 4.55. The Labute approximate surface area is 150 Å². The molecule has 0 aliphatic carbocycles. The van der Waals surface area contributed by atoms with E-state index in [4.69, 9.17) is 4.74 Å². The highest BCUT2D eigenvalue weighted by Crippen LogP contribution is 2.25. The van der Waals surface area contributed by atoms with Gasteiger partial charge in [0.25, 0.3) is 11.8 Å². The number of amides is 4. The van der Waals surface area contributed by atoms with Gasteiger partial charge in [0.1, 0.15) is 11.3 Å². The number of methoxy groups -OCH3 is 1. The lowest BCUT2D eigenvalue weighted by Crippen LogP contribution is -2.54. The molecule has 1 aromatic carbocycles. The van der Waals surface area contributed by atoms with E-state index >= 15 is 0 Å². The van der Waals surface area contributed by atoms with E-state index in [0.717, 1.165) is 21.9 Å².